The third-order valence-electron chi connectivity index (χ3n) is 4.00. The van der Waals surface area contributed by atoms with Crippen LogP contribution in [0.1, 0.15) is 15.9 Å². The van der Waals surface area contributed by atoms with Gasteiger partial charge in [0, 0.05) is 24.6 Å². The molecular formula is C18H14N2O2. The number of nitrogens with zero attached hydrogens (tertiary/aromatic N) is 2. The molecule has 4 nitrogen and oxygen atoms in total. The first-order valence-electron chi connectivity index (χ1n) is 7.20. The maximum Gasteiger partial charge on any atom is 0.261 e. The third-order valence-corrected chi connectivity index (χ3v) is 4.00. The van der Waals surface area contributed by atoms with Gasteiger partial charge in [-0.25, -0.2) is 0 Å². The fraction of sp³-hybridized carbons (Fsp3) is 0.111. The van der Waals surface area contributed by atoms with Crippen molar-refractivity contribution in [3.05, 3.63) is 72.4 Å². The molecule has 1 aliphatic rings. The van der Waals surface area contributed by atoms with E-state index in [2.05, 4.69) is 17.1 Å². The summed E-state index contributed by atoms with van der Waals surface area (Å²) >= 11 is 0. The average molecular weight is 290 g/mol. The summed E-state index contributed by atoms with van der Waals surface area (Å²) in [5.74, 6) is -0.0100. The normalized spacial score (nSPS) is 13.2. The van der Waals surface area contributed by atoms with Crippen molar-refractivity contribution >= 4 is 11.6 Å². The van der Waals surface area contributed by atoms with Crippen molar-refractivity contribution in [2.45, 2.75) is 6.42 Å². The van der Waals surface area contributed by atoms with Gasteiger partial charge in [-0.05, 0) is 53.4 Å². The minimum atomic E-state index is -0.0100. The Hall–Kier alpha value is -2.88. The largest absolute Gasteiger partial charge is 0.472 e. The first kappa shape index (κ1) is 12.8. The summed E-state index contributed by atoms with van der Waals surface area (Å²) in [6, 6.07) is 11.9. The number of amides is 1. The molecule has 3 aromatic rings. The van der Waals surface area contributed by atoms with Crippen LogP contribution in [0.4, 0.5) is 5.69 Å². The minimum absolute atomic E-state index is 0.0100. The zero-order valence-electron chi connectivity index (χ0n) is 11.9. The second-order valence-corrected chi connectivity index (χ2v) is 5.30. The van der Waals surface area contributed by atoms with E-state index in [1.165, 1.54) is 18.1 Å². The van der Waals surface area contributed by atoms with Gasteiger partial charge in [0.25, 0.3) is 5.91 Å². The highest BCUT2D eigenvalue weighted by atomic mass is 16.3. The lowest BCUT2D eigenvalue weighted by atomic mass is 10.0. The summed E-state index contributed by atoms with van der Waals surface area (Å²) in [5, 5.41) is 0. The Labute approximate surface area is 128 Å². The van der Waals surface area contributed by atoms with Gasteiger partial charge in [-0.15, -0.1) is 0 Å². The Bertz CT molecular complexity index is 810. The van der Waals surface area contributed by atoms with Crippen molar-refractivity contribution in [1.82, 2.24) is 4.98 Å². The van der Waals surface area contributed by atoms with E-state index in [1.807, 2.05) is 23.1 Å². The van der Waals surface area contributed by atoms with Gasteiger partial charge in [0.1, 0.15) is 6.26 Å². The van der Waals surface area contributed by atoms with Crippen LogP contribution in [-0.2, 0) is 6.42 Å². The van der Waals surface area contributed by atoms with E-state index in [-0.39, 0.29) is 5.91 Å². The Balaban J connectivity index is 1.68. The molecule has 1 amide bonds. The molecule has 1 aliphatic heterocycles. The molecular weight excluding hydrogens is 276 g/mol. The number of fused-ring (bicyclic) bond motifs is 1. The van der Waals surface area contributed by atoms with E-state index < -0.39 is 0 Å². The highest BCUT2D eigenvalue weighted by molar-refractivity contribution is 6.07. The summed E-state index contributed by atoms with van der Waals surface area (Å²) in [4.78, 5) is 18.3. The Morgan fingerprint density at radius 2 is 1.95 bits per heavy atom. The van der Waals surface area contributed by atoms with Gasteiger partial charge in [-0.1, -0.05) is 6.07 Å². The maximum atomic E-state index is 12.5. The summed E-state index contributed by atoms with van der Waals surface area (Å²) in [6.45, 7) is 0.707. The molecule has 0 N–H and O–H groups in total. The second kappa shape index (κ2) is 5.15. The molecule has 4 heteroatoms. The number of hydrogen-bond donors (Lipinski definition) is 0. The zero-order valence-corrected chi connectivity index (χ0v) is 11.9. The van der Waals surface area contributed by atoms with Crippen molar-refractivity contribution in [2.24, 2.45) is 0 Å². The smallest absolute Gasteiger partial charge is 0.261 e. The monoisotopic (exact) mass is 290 g/mol. The maximum absolute atomic E-state index is 12.5. The van der Waals surface area contributed by atoms with Crippen LogP contribution < -0.4 is 4.90 Å². The van der Waals surface area contributed by atoms with Crippen molar-refractivity contribution in [2.75, 3.05) is 11.4 Å². The number of aromatic nitrogens is 1. The molecule has 0 saturated heterocycles. The van der Waals surface area contributed by atoms with Gasteiger partial charge in [-0.3, -0.25) is 9.78 Å². The number of hydrogen-bond acceptors (Lipinski definition) is 3. The van der Waals surface area contributed by atoms with Crippen LogP contribution in [-0.4, -0.2) is 17.4 Å². The van der Waals surface area contributed by atoms with Crippen molar-refractivity contribution in [3.8, 4) is 11.1 Å². The minimum Gasteiger partial charge on any atom is -0.472 e. The van der Waals surface area contributed by atoms with Gasteiger partial charge >= 0.3 is 0 Å². The summed E-state index contributed by atoms with van der Waals surface area (Å²) in [5.41, 5.74) is 5.07. The molecule has 108 valence electrons. The van der Waals surface area contributed by atoms with Gasteiger partial charge in [-0.2, -0.15) is 0 Å². The van der Waals surface area contributed by atoms with Crippen molar-refractivity contribution in [1.29, 1.82) is 0 Å². The number of rotatable bonds is 2. The van der Waals surface area contributed by atoms with Crippen molar-refractivity contribution < 1.29 is 9.21 Å². The molecule has 22 heavy (non-hydrogen) atoms. The van der Waals surface area contributed by atoms with E-state index in [9.17, 15) is 4.79 Å². The molecule has 0 radical (unpaired) electrons. The number of carbonyl (C=O) groups excluding carboxylic acids is 1. The predicted octanol–water partition coefficient (Wildman–Crippen LogP) is 3.54. The summed E-state index contributed by atoms with van der Waals surface area (Å²) in [7, 11) is 0. The molecule has 0 aliphatic carbocycles. The number of benzene rings is 1. The van der Waals surface area contributed by atoms with Gasteiger partial charge in [0.05, 0.1) is 11.8 Å². The molecule has 0 fully saturated rings. The van der Waals surface area contributed by atoms with Crippen LogP contribution >= 0.6 is 0 Å². The molecule has 1 aromatic carbocycles. The van der Waals surface area contributed by atoms with Crippen LogP contribution in [0.15, 0.2) is 65.7 Å². The standard InChI is InChI=1S/C18H14N2O2/c21-18(16-6-10-22-12-16)20-9-5-15-11-14(1-2-17(15)20)13-3-7-19-8-4-13/h1-4,6-8,10-12H,5,9H2. The van der Waals surface area contributed by atoms with Gasteiger partial charge in [0.2, 0.25) is 0 Å². The second-order valence-electron chi connectivity index (χ2n) is 5.30. The highest BCUT2D eigenvalue weighted by Crippen LogP contribution is 2.33. The van der Waals surface area contributed by atoms with Crippen LogP contribution in [0.2, 0.25) is 0 Å². The molecule has 0 bridgehead atoms. The number of anilines is 1. The van der Waals surface area contributed by atoms with Crippen LogP contribution in [0, 0.1) is 0 Å². The van der Waals surface area contributed by atoms with Crippen LogP contribution in [0.3, 0.4) is 0 Å². The quantitative estimate of drug-likeness (QED) is 0.725. The van der Waals surface area contributed by atoms with Crippen LogP contribution in [0.25, 0.3) is 11.1 Å². The number of furan rings is 1. The molecule has 0 atom stereocenters. The predicted molar refractivity (Wildman–Crippen MR) is 83.8 cm³/mol. The van der Waals surface area contributed by atoms with E-state index >= 15 is 0 Å². The molecule has 4 rings (SSSR count). The lowest BCUT2D eigenvalue weighted by Gasteiger charge is -2.16. The molecule has 0 spiro atoms. The van der Waals surface area contributed by atoms with E-state index in [1.54, 1.807) is 18.5 Å². The summed E-state index contributed by atoms with van der Waals surface area (Å²) in [6.07, 6.45) is 7.47. The zero-order chi connectivity index (χ0) is 14.9. The lowest BCUT2D eigenvalue weighted by molar-refractivity contribution is 0.0989. The topological polar surface area (TPSA) is 46.3 Å². The van der Waals surface area contributed by atoms with Gasteiger partial charge in [0.15, 0.2) is 0 Å². The molecule has 0 saturated carbocycles. The van der Waals surface area contributed by atoms with E-state index in [0.29, 0.717) is 12.1 Å². The fourth-order valence-electron chi connectivity index (χ4n) is 2.88. The van der Waals surface area contributed by atoms with Gasteiger partial charge < -0.3 is 9.32 Å². The third kappa shape index (κ3) is 2.09. The fourth-order valence-corrected chi connectivity index (χ4v) is 2.88. The average Bonchev–Trinajstić information content (AvgIpc) is 3.24. The lowest BCUT2D eigenvalue weighted by Crippen LogP contribution is -2.28. The Morgan fingerprint density at radius 1 is 1.09 bits per heavy atom. The highest BCUT2D eigenvalue weighted by Gasteiger charge is 2.26. The first-order valence-corrected chi connectivity index (χ1v) is 7.20. The van der Waals surface area contributed by atoms with Crippen LogP contribution in [0.5, 0.6) is 0 Å². The van der Waals surface area contributed by atoms with E-state index in [4.69, 9.17) is 4.42 Å². The SMILES string of the molecule is O=C(c1ccoc1)N1CCc2cc(-c3ccncc3)ccc21. The Morgan fingerprint density at radius 3 is 2.73 bits per heavy atom. The molecule has 0 unspecified atom stereocenters. The van der Waals surface area contributed by atoms with Crippen molar-refractivity contribution in [3.63, 3.8) is 0 Å². The summed E-state index contributed by atoms with van der Waals surface area (Å²) < 4.78 is 5.01. The molecule has 2 aromatic heterocycles. The first-order chi connectivity index (χ1) is 10.8. The number of carbonyl (C=O) groups is 1. The van der Waals surface area contributed by atoms with E-state index in [0.717, 1.165) is 23.2 Å². The Kier molecular flexibility index (Phi) is 3.00. The molecule has 3 heterocycles. The number of pyridine rings is 1.